The summed E-state index contributed by atoms with van der Waals surface area (Å²) in [7, 11) is 0. The van der Waals surface area contributed by atoms with Gasteiger partial charge in [-0.05, 0) is 13.5 Å². The molecule has 0 aliphatic rings. The molecule has 0 aliphatic heterocycles. The zero-order valence-electron chi connectivity index (χ0n) is 7.74. The molecule has 0 aliphatic carbocycles. The highest BCUT2D eigenvalue weighted by Crippen LogP contribution is 1.68. The van der Waals surface area contributed by atoms with Crippen LogP contribution in [0.25, 0.3) is 0 Å². The summed E-state index contributed by atoms with van der Waals surface area (Å²) in [5.41, 5.74) is 0. The third-order valence-electron chi connectivity index (χ3n) is 0.877. The van der Waals surface area contributed by atoms with Gasteiger partial charge in [-0.2, -0.15) is 0 Å². The molecule has 0 bridgehead atoms. The van der Waals surface area contributed by atoms with E-state index in [1.807, 2.05) is 20.8 Å². The monoisotopic (exact) mass is 149 g/mol. The van der Waals surface area contributed by atoms with Crippen molar-refractivity contribution in [1.29, 1.82) is 0 Å². The van der Waals surface area contributed by atoms with Crippen molar-refractivity contribution in [3.05, 3.63) is 0 Å². The molecule has 0 atom stereocenters. The normalized spacial score (nSPS) is 8.40. The summed E-state index contributed by atoms with van der Waals surface area (Å²) < 4.78 is 5.07. The molecule has 2 nitrogen and oxygen atoms in total. The largest absolute Gasteiger partial charge is 0.380 e. The minimum atomic E-state index is 0. The van der Waals surface area contributed by atoms with E-state index in [1.54, 1.807) is 0 Å². The van der Waals surface area contributed by atoms with E-state index < -0.39 is 0 Å². The summed E-state index contributed by atoms with van der Waals surface area (Å²) >= 11 is 0. The second-order valence-electron chi connectivity index (χ2n) is 1.55. The summed E-state index contributed by atoms with van der Waals surface area (Å²) in [6, 6.07) is 0. The Hall–Kier alpha value is -0.0800. The first-order chi connectivity index (χ1) is 4.91. The van der Waals surface area contributed by atoms with E-state index >= 15 is 0 Å². The molecule has 0 aromatic heterocycles. The summed E-state index contributed by atoms with van der Waals surface area (Å²) in [5, 5.41) is 3.16. The predicted octanol–water partition coefficient (Wildman–Crippen LogP) is 1.90. The van der Waals surface area contributed by atoms with Gasteiger partial charge in [-0.1, -0.05) is 20.8 Å². The molecular weight excluding hydrogens is 126 g/mol. The molecule has 0 spiro atoms. The van der Waals surface area contributed by atoms with Crippen LogP contribution in [0, 0.1) is 0 Å². The number of ether oxygens (including phenoxy) is 1. The first-order valence-electron chi connectivity index (χ1n) is 4.20. The molecular formula is C8H23NO. The molecule has 10 heavy (non-hydrogen) atoms. The third kappa shape index (κ3) is 15.7. The van der Waals surface area contributed by atoms with Gasteiger partial charge in [0.25, 0.3) is 0 Å². The highest BCUT2D eigenvalue weighted by atomic mass is 16.5. The molecule has 0 heterocycles. The standard InChI is InChI=1S/C6H15NO.C2H6.H2/c1-3-7-5-6-8-4-2;1-2;/h7H,3-6H2,1-2H3;1-2H3;1H. The molecule has 0 rings (SSSR count). The van der Waals surface area contributed by atoms with Crippen LogP contribution in [0.5, 0.6) is 0 Å². The molecule has 1 N–H and O–H groups in total. The summed E-state index contributed by atoms with van der Waals surface area (Å²) in [6.45, 7) is 11.8. The lowest BCUT2D eigenvalue weighted by molar-refractivity contribution is 0.149. The smallest absolute Gasteiger partial charge is 0.0590 e. The molecule has 0 fully saturated rings. The topological polar surface area (TPSA) is 21.3 Å². The van der Waals surface area contributed by atoms with Crippen LogP contribution in [0.15, 0.2) is 0 Å². The maximum Gasteiger partial charge on any atom is 0.0590 e. The number of nitrogens with one attached hydrogen (secondary N) is 1. The van der Waals surface area contributed by atoms with Gasteiger partial charge in [-0.3, -0.25) is 0 Å². The van der Waals surface area contributed by atoms with Crippen molar-refractivity contribution in [3.63, 3.8) is 0 Å². The van der Waals surface area contributed by atoms with Crippen molar-refractivity contribution in [1.82, 2.24) is 5.32 Å². The molecule has 0 saturated carbocycles. The Labute approximate surface area is 66.4 Å². The first kappa shape index (κ1) is 12.6. The van der Waals surface area contributed by atoms with E-state index in [4.69, 9.17) is 4.74 Å². The van der Waals surface area contributed by atoms with E-state index in [-0.39, 0.29) is 1.43 Å². The van der Waals surface area contributed by atoms with Crippen molar-refractivity contribution in [2.75, 3.05) is 26.3 Å². The Kier molecular flexibility index (Phi) is 20.1. The van der Waals surface area contributed by atoms with Gasteiger partial charge in [0.2, 0.25) is 0 Å². The zero-order valence-corrected chi connectivity index (χ0v) is 7.74. The predicted molar refractivity (Wildman–Crippen MR) is 48.5 cm³/mol. The van der Waals surface area contributed by atoms with Gasteiger partial charge in [0.15, 0.2) is 0 Å². The maximum absolute atomic E-state index is 5.07. The van der Waals surface area contributed by atoms with Crippen molar-refractivity contribution < 1.29 is 6.16 Å². The quantitative estimate of drug-likeness (QED) is 0.603. The molecule has 0 aromatic rings. The Bertz CT molecular complexity index is 39.1. The Morgan fingerprint density at radius 1 is 1.30 bits per heavy atom. The molecule has 0 amide bonds. The number of rotatable bonds is 5. The minimum Gasteiger partial charge on any atom is -0.380 e. The van der Waals surface area contributed by atoms with Crippen LogP contribution in [-0.4, -0.2) is 26.3 Å². The Morgan fingerprint density at radius 3 is 2.30 bits per heavy atom. The van der Waals surface area contributed by atoms with Gasteiger partial charge in [0.05, 0.1) is 6.61 Å². The van der Waals surface area contributed by atoms with E-state index in [9.17, 15) is 0 Å². The third-order valence-corrected chi connectivity index (χ3v) is 0.877. The lowest BCUT2D eigenvalue weighted by Gasteiger charge is -1.99. The fourth-order valence-corrected chi connectivity index (χ4v) is 0.465. The highest BCUT2D eigenvalue weighted by Gasteiger charge is 1.80. The van der Waals surface area contributed by atoms with Crippen molar-refractivity contribution in [3.8, 4) is 0 Å². The van der Waals surface area contributed by atoms with E-state index in [1.165, 1.54) is 0 Å². The number of hydrogen-bond acceptors (Lipinski definition) is 2. The van der Waals surface area contributed by atoms with Crippen LogP contribution in [0.2, 0.25) is 0 Å². The molecule has 66 valence electrons. The number of hydrogen-bond donors (Lipinski definition) is 1. The van der Waals surface area contributed by atoms with Crippen LogP contribution >= 0.6 is 0 Å². The van der Waals surface area contributed by atoms with Crippen molar-refractivity contribution in [2.24, 2.45) is 0 Å². The average Bonchev–Trinajstić information content (AvgIpc) is 2.02. The molecule has 0 saturated heterocycles. The van der Waals surface area contributed by atoms with Crippen LogP contribution in [0.1, 0.15) is 29.1 Å². The van der Waals surface area contributed by atoms with Gasteiger partial charge >= 0.3 is 0 Å². The van der Waals surface area contributed by atoms with Crippen molar-refractivity contribution >= 4 is 0 Å². The second-order valence-corrected chi connectivity index (χ2v) is 1.55. The average molecular weight is 149 g/mol. The lowest BCUT2D eigenvalue weighted by atomic mass is 10.6. The molecule has 2 heteroatoms. The van der Waals surface area contributed by atoms with Crippen LogP contribution < -0.4 is 5.32 Å². The summed E-state index contributed by atoms with van der Waals surface area (Å²) in [5.74, 6) is 0. The van der Waals surface area contributed by atoms with Crippen molar-refractivity contribution in [2.45, 2.75) is 27.7 Å². The molecule has 0 unspecified atom stereocenters. The number of likely N-dealkylation sites (N-methyl/N-ethyl adjacent to an activating group) is 1. The van der Waals surface area contributed by atoms with Crippen LogP contribution in [0.4, 0.5) is 0 Å². The van der Waals surface area contributed by atoms with Crippen LogP contribution in [-0.2, 0) is 4.74 Å². The van der Waals surface area contributed by atoms with Gasteiger partial charge < -0.3 is 10.1 Å². The second kappa shape index (κ2) is 16.0. The SMILES string of the molecule is CC.CCNCCOCC.[HH]. The fraction of sp³-hybridized carbons (Fsp3) is 1.00. The van der Waals surface area contributed by atoms with Gasteiger partial charge in [0.1, 0.15) is 0 Å². The van der Waals surface area contributed by atoms with Gasteiger partial charge in [0, 0.05) is 14.6 Å². The first-order valence-corrected chi connectivity index (χ1v) is 4.20. The minimum absolute atomic E-state index is 0. The summed E-state index contributed by atoms with van der Waals surface area (Å²) in [6.07, 6.45) is 0. The van der Waals surface area contributed by atoms with E-state index in [0.29, 0.717) is 0 Å². The highest BCUT2D eigenvalue weighted by molar-refractivity contribution is 4.38. The Morgan fingerprint density at radius 2 is 1.90 bits per heavy atom. The summed E-state index contributed by atoms with van der Waals surface area (Å²) in [4.78, 5) is 0. The van der Waals surface area contributed by atoms with E-state index in [0.717, 1.165) is 26.3 Å². The van der Waals surface area contributed by atoms with E-state index in [2.05, 4.69) is 12.2 Å². The molecule has 0 aromatic carbocycles. The van der Waals surface area contributed by atoms with Crippen LogP contribution in [0.3, 0.4) is 0 Å². The fourth-order valence-electron chi connectivity index (χ4n) is 0.465. The maximum atomic E-state index is 5.07. The van der Waals surface area contributed by atoms with Gasteiger partial charge in [-0.25, -0.2) is 0 Å². The molecule has 0 radical (unpaired) electrons. The Balaban J connectivity index is -0.000000196. The lowest BCUT2D eigenvalue weighted by Crippen LogP contribution is -2.18. The van der Waals surface area contributed by atoms with Gasteiger partial charge in [-0.15, -0.1) is 0 Å². The zero-order chi connectivity index (χ0) is 8.24.